The SMILES string of the molecule is N#CC(=Cc1ccc[nH]1)c1nc(-c2ccc(O)c(C(N)=O)c2)cs1. The zero-order valence-electron chi connectivity index (χ0n) is 12.4. The number of amides is 1. The Labute approximate surface area is 141 Å². The molecule has 6 nitrogen and oxygen atoms in total. The third-order valence-corrected chi connectivity index (χ3v) is 4.21. The summed E-state index contributed by atoms with van der Waals surface area (Å²) in [5, 5.41) is 21.4. The van der Waals surface area contributed by atoms with E-state index in [1.807, 2.05) is 12.1 Å². The second-order valence-corrected chi connectivity index (χ2v) is 5.79. The highest BCUT2D eigenvalue weighted by molar-refractivity contribution is 7.11. The first kappa shape index (κ1) is 15.5. The van der Waals surface area contributed by atoms with Crippen molar-refractivity contribution in [3.8, 4) is 23.1 Å². The van der Waals surface area contributed by atoms with Crippen LogP contribution in [-0.2, 0) is 0 Å². The number of primary amides is 1. The fourth-order valence-electron chi connectivity index (χ4n) is 2.15. The number of nitriles is 1. The van der Waals surface area contributed by atoms with Crippen molar-refractivity contribution in [2.75, 3.05) is 0 Å². The number of aromatic hydroxyl groups is 1. The van der Waals surface area contributed by atoms with E-state index in [-0.39, 0.29) is 11.3 Å². The molecule has 118 valence electrons. The van der Waals surface area contributed by atoms with Crippen molar-refractivity contribution in [3.63, 3.8) is 0 Å². The third kappa shape index (κ3) is 3.04. The number of allylic oxidation sites excluding steroid dienone is 1. The number of rotatable bonds is 4. The van der Waals surface area contributed by atoms with Crippen molar-refractivity contribution >= 4 is 28.9 Å². The predicted molar refractivity (Wildman–Crippen MR) is 92.0 cm³/mol. The van der Waals surface area contributed by atoms with E-state index in [0.29, 0.717) is 21.8 Å². The van der Waals surface area contributed by atoms with E-state index in [0.717, 1.165) is 5.69 Å². The van der Waals surface area contributed by atoms with Gasteiger partial charge in [0.25, 0.3) is 5.91 Å². The maximum Gasteiger partial charge on any atom is 0.252 e. The summed E-state index contributed by atoms with van der Waals surface area (Å²) in [4.78, 5) is 18.8. The third-order valence-electron chi connectivity index (χ3n) is 3.33. The summed E-state index contributed by atoms with van der Waals surface area (Å²) < 4.78 is 0. The average molecular weight is 336 g/mol. The maximum absolute atomic E-state index is 11.3. The van der Waals surface area contributed by atoms with Gasteiger partial charge in [0.2, 0.25) is 0 Å². The quantitative estimate of drug-likeness (QED) is 0.635. The van der Waals surface area contributed by atoms with Gasteiger partial charge >= 0.3 is 0 Å². The largest absolute Gasteiger partial charge is 0.507 e. The number of carbonyl (C=O) groups is 1. The summed E-state index contributed by atoms with van der Waals surface area (Å²) in [5.74, 6) is -0.889. The smallest absolute Gasteiger partial charge is 0.252 e. The van der Waals surface area contributed by atoms with E-state index in [1.54, 1.807) is 23.7 Å². The van der Waals surface area contributed by atoms with Crippen LogP contribution in [-0.4, -0.2) is 21.0 Å². The second kappa shape index (κ2) is 6.40. The highest BCUT2D eigenvalue weighted by Gasteiger charge is 2.13. The van der Waals surface area contributed by atoms with E-state index in [2.05, 4.69) is 16.0 Å². The Morgan fingerprint density at radius 1 is 1.42 bits per heavy atom. The monoisotopic (exact) mass is 336 g/mol. The Hall–Kier alpha value is -3.37. The van der Waals surface area contributed by atoms with Crippen molar-refractivity contribution in [1.82, 2.24) is 9.97 Å². The van der Waals surface area contributed by atoms with Crippen LogP contribution >= 0.6 is 11.3 Å². The van der Waals surface area contributed by atoms with Gasteiger partial charge in [0.1, 0.15) is 16.8 Å². The van der Waals surface area contributed by atoms with Crippen LogP contribution in [0.4, 0.5) is 0 Å². The molecule has 0 aliphatic carbocycles. The van der Waals surface area contributed by atoms with Crippen LogP contribution in [0.3, 0.4) is 0 Å². The number of nitrogens with one attached hydrogen (secondary N) is 1. The van der Waals surface area contributed by atoms with Gasteiger partial charge in [-0.3, -0.25) is 4.79 Å². The minimum Gasteiger partial charge on any atom is -0.507 e. The summed E-state index contributed by atoms with van der Waals surface area (Å²) >= 11 is 1.32. The first-order chi connectivity index (χ1) is 11.6. The summed E-state index contributed by atoms with van der Waals surface area (Å²) in [5.41, 5.74) is 7.76. The van der Waals surface area contributed by atoms with Gasteiger partial charge < -0.3 is 15.8 Å². The lowest BCUT2D eigenvalue weighted by Crippen LogP contribution is -2.11. The number of nitrogens with zero attached hydrogens (tertiary/aromatic N) is 2. The van der Waals surface area contributed by atoms with Crippen LogP contribution in [0.5, 0.6) is 5.75 Å². The number of hydrogen-bond donors (Lipinski definition) is 3. The number of phenols is 1. The molecule has 0 saturated carbocycles. The Kier molecular flexibility index (Phi) is 4.14. The lowest BCUT2D eigenvalue weighted by Gasteiger charge is -2.02. The molecule has 3 aromatic rings. The van der Waals surface area contributed by atoms with Crippen LogP contribution in [0.1, 0.15) is 21.1 Å². The summed E-state index contributed by atoms with van der Waals surface area (Å²) in [6, 6.07) is 10.4. The van der Waals surface area contributed by atoms with Crippen LogP contribution in [0, 0.1) is 11.3 Å². The molecule has 0 radical (unpaired) electrons. The Balaban J connectivity index is 1.98. The van der Waals surface area contributed by atoms with E-state index in [9.17, 15) is 15.2 Å². The first-order valence-electron chi connectivity index (χ1n) is 6.93. The molecule has 0 aliphatic heterocycles. The number of H-pyrrole nitrogens is 1. The van der Waals surface area contributed by atoms with Gasteiger partial charge in [0.05, 0.1) is 16.8 Å². The van der Waals surface area contributed by atoms with E-state index in [4.69, 9.17) is 5.73 Å². The fraction of sp³-hybridized carbons (Fsp3) is 0. The molecule has 2 aromatic heterocycles. The fourth-order valence-corrected chi connectivity index (χ4v) is 2.95. The van der Waals surface area contributed by atoms with E-state index < -0.39 is 5.91 Å². The number of aromatic amines is 1. The van der Waals surface area contributed by atoms with Crippen LogP contribution < -0.4 is 5.73 Å². The van der Waals surface area contributed by atoms with Crippen molar-refractivity contribution in [1.29, 1.82) is 5.26 Å². The summed E-state index contributed by atoms with van der Waals surface area (Å²) in [6.45, 7) is 0. The van der Waals surface area contributed by atoms with Crippen LogP contribution in [0.2, 0.25) is 0 Å². The molecular weight excluding hydrogens is 324 g/mol. The summed E-state index contributed by atoms with van der Waals surface area (Å²) in [7, 11) is 0. The molecule has 0 unspecified atom stereocenters. The highest BCUT2D eigenvalue weighted by atomic mass is 32.1. The molecule has 0 fully saturated rings. The normalized spacial score (nSPS) is 11.2. The van der Waals surface area contributed by atoms with Gasteiger partial charge in [-0.15, -0.1) is 11.3 Å². The molecule has 24 heavy (non-hydrogen) atoms. The Bertz CT molecular complexity index is 965. The molecule has 0 saturated heterocycles. The molecule has 1 amide bonds. The minimum absolute atomic E-state index is 0.0319. The van der Waals surface area contributed by atoms with Crippen LogP contribution in [0.25, 0.3) is 22.9 Å². The van der Waals surface area contributed by atoms with Gasteiger partial charge in [-0.25, -0.2) is 4.98 Å². The second-order valence-electron chi connectivity index (χ2n) is 4.93. The van der Waals surface area contributed by atoms with Crippen LogP contribution in [0.15, 0.2) is 41.9 Å². The molecule has 3 rings (SSSR count). The van der Waals surface area contributed by atoms with Gasteiger partial charge in [-0.2, -0.15) is 5.26 Å². The highest BCUT2D eigenvalue weighted by Crippen LogP contribution is 2.29. The lowest BCUT2D eigenvalue weighted by molar-refractivity contribution is 0.0998. The minimum atomic E-state index is -0.714. The zero-order valence-corrected chi connectivity index (χ0v) is 13.2. The molecule has 4 N–H and O–H groups in total. The predicted octanol–water partition coefficient (Wildman–Crippen LogP) is 3.01. The lowest BCUT2D eigenvalue weighted by atomic mass is 10.1. The molecule has 0 spiro atoms. The molecule has 0 bridgehead atoms. The number of thiazole rings is 1. The van der Waals surface area contributed by atoms with Gasteiger partial charge in [0, 0.05) is 22.8 Å². The number of benzene rings is 1. The van der Waals surface area contributed by atoms with E-state index >= 15 is 0 Å². The summed E-state index contributed by atoms with van der Waals surface area (Å²) in [6.07, 6.45) is 3.49. The van der Waals surface area contributed by atoms with Gasteiger partial charge in [0.15, 0.2) is 0 Å². The molecule has 7 heteroatoms. The maximum atomic E-state index is 11.3. The zero-order chi connectivity index (χ0) is 17.1. The van der Waals surface area contributed by atoms with Crippen molar-refractivity contribution in [2.45, 2.75) is 0 Å². The molecule has 1 aromatic carbocycles. The first-order valence-corrected chi connectivity index (χ1v) is 7.80. The van der Waals surface area contributed by atoms with Crippen molar-refractivity contribution in [3.05, 3.63) is 58.2 Å². The number of hydrogen-bond acceptors (Lipinski definition) is 5. The van der Waals surface area contributed by atoms with Crippen molar-refractivity contribution < 1.29 is 9.90 Å². The molecular formula is C17H12N4O2S. The number of aromatic nitrogens is 2. The van der Waals surface area contributed by atoms with E-state index in [1.165, 1.54) is 23.5 Å². The Morgan fingerprint density at radius 3 is 2.92 bits per heavy atom. The molecule has 0 atom stereocenters. The average Bonchev–Trinajstić information content (AvgIpc) is 3.24. The number of carbonyl (C=O) groups excluding carboxylic acids is 1. The topological polar surface area (TPSA) is 116 Å². The Morgan fingerprint density at radius 2 is 2.25 bits per heavy atom. The molecule has 2 heterocycles. The van der Waals surface area contributed by atoms with Crippen molar-refractivity contribution in [2.24, 2.45) is 5.73 Å². The molecule has 0 aliphatic rings. The standard InChI is InChI=1S/C17H12N4O2S/c18-8-11(6-12-2-1-5-20-12)17-21-14(9-24-17)10-3-4-15(22)13(7-10)16(19)23/h1-7,9,20,22H,(H2,19,23). The number of nitrogens with two attached hydrogens (primary N) is 1. The van der Waals surface area contributed by atoms with Gasteiger partial charge in [-0.05, 0) is 36.4 Å². The van der Waals surface area contributed by atoms with Gasteiger partial charge in [-0.1, -0.05) is 0 Å².